The highest BCUT2D eigenvalue weighted by molar-refractivity contribution is 5.96. The molecule has 14 heteroatoms. The number of benzene rings is 2. The standard InChI is InChI=1S/C41H53F3N4O7/c1-26-12-14-31-21-30(26)24-45-38(52)32(15-13-27-9-6-5-7-10-27)46-37(51)29(23-36(50)47-19-8-11-28(25-47)18-20-54-31)22-34(49)33-16-17-35(41(42,43)44)48(33)39(53)55-40(2,3)4/h5-7,9-10,12,14,21,28-29,32-33,35H,8,11,13,15-20,22-25H2,1-4H3,(H,45,52)(H,46,51)/t28?,29-,32-,33?,35?/m0/s1. The molecule has 3 aliphatic heterocycles. The Morgan fingerprint density at radius 1 is 0.964 bits per heavy atom. The highest BCUT2D eigenvalue weighted by atomic mass is 19.4. The second kappa shape index (κ2) is 17.9. The largest absolute Gasteiger partial charge is 0.494 e. The Morgan fingerprint density at radius 2 is 1.71 bits per heavy atom. The van der Waals surface area contributed by atoms with E-state index in [0.717, 1.165) is 29.5 Å². The van der Waals surface area contributed by atoms with Crippen molar-refractivity contribution in [3.05, 3.63) is 65.2 Å². The van der Waals surface area contributed by atoms with Gasteiger partial charge >= 0.3 is 12.3 Å². The highest BCUT2D eigenvalue weighted by Gasteiger charge is 2.54. The molecule has 0 saturated carbocycles. The van der Waals surface area contributed by atoms with Gasteiger partial charge in [-0.3, -0.25) is 24.1 Å². The summed E-state index contributed by atoms with van der Waals surface area (Å²) in [7, 11) is 0. The maximum atomic E-state index is 14.3. The summed E-state index contributed by atoms with van der Waals surface area (Å²) in [5.41, 5.74) is 1.56. The first-order chi connectivity index (χ1) is 26.0. The molecule has 2 fully saturated rings. The van der Waals surface area contributed by atoms with E-state index in [-0.39, 0.29) is 31.2 Å². The number of Topliss-reactive ketones (excluding diaryl/α,β-unsaturated/α-hetero) is 1. The van der Waals surface area contributed by atoms with Gasteiger partial charge in [-0.25, -0.2) is 4.79 Å². The van der Waals surface area contributed by atoms with Gasteiger partial charge in [0.25, 0.3) is 0 Å². The molecule has 5 rings (SSSR count). The first kappa shape index (κ1) is 41.5. The number of carbonyl (C=O) groups excluding carboxylic acids is 5. The average Bonchev–Trinajstić information content (AvgIpc) is 3.59. The lowest BCUT2D eigenvalue weighted by molar-refractivity contribution is -0.177. The third-order valence-corrected chi connectivity index (χ3v) is 10.6. The Balaban J connectivity index is 1.44. The molecular weight excluding hydrogens is 717 g/mol. The van der Waals surface area contributed by atoms with Crippen LogP contribution in [-0.4, -0.2) is 89.0 Å². The highest BCUT2D eigenvalue weighted by Crippen LogP contribution is 2.38. The van der Waals surface area contributed by atoms with Crippen molar-refractivity contribution < 1.29 is 46.6 Å². The van der Waals surface area contributed by atoms with Gasteiger partial charge in [0.2, 0.25) is 17.7 Å². The molecule has 11 nitrogen and oxygen atoms in total. The van der Waals surface area contributed by atoms with Gasteiger partial charge in [-0.15, -0.1) is 0 Å². The molecule has 5 atom stereocenters. The summed E-state index contributed by atoms with van der Waals surface area (Å²) in [6.07, 6.45) is -5.03. The summed E-state index contributed by atoms with van der Waals surface area (Å²) in [5, 5.41) is 5.72. The molecule has 2 aromatic rings. The Labute approximate surface area is 320 Å². The summed E-state index contributed by atoms with van der Waals surface area (Å²) < 4.78 is 53.9. The van der Waals surface area contributed by atoms with Crippen LogP contribution in [-0.2, 0) is 36.9 Å². The Bertz CT molecular complexity index is 1700. The fraction of sp³-hybridized carbons (Fsp3) is 0.585. The van der Waals surface area contributed by atoms with Crippen molar-refractivity contribution in [2.24, 2.45) is 11.8 Å². The van der Waals surface area contributed by atoms with Crippen molar-refractivity contribution in [2.45, 2.75) is 122 Å². The monoisotopic (exact) mass is 770 g/mol. The first-order valence-corrected chi connectivity index (χ1v) is 19.2. The van der Waals surface area contributed by atoms with E-state index in [2.05, 4.69) is 10.6 Å². The number of hydrogen-bond acceptors (Lipinski definition) is 7. The second-order valence-electron chi connectivity index (χ2n) is 16.0. The van der Waals surface area contributed by atoms with Crippen LogP contribution in [0, 0.1) is 18.8 Å². The van der Waals surface area contributed by atoms with E-state index in [9.17, 15) is 37.1 Å². The van der Waals surface area contributed by atoms with Gasteiger partial charge in [-0.2, -0.15) is 13.2 Å². The molecule has 3 heterocycles. The number of nitrogens with zero attached hydrogens (tertiary/aromatic N) is 2. The van der Waals surface area contributed by atoms with Gasteiger partial charge < -0.3 is 25.0 Å². The number of aryl methyl sites for hydroxylation is 2. The molecule has 4 amide bonds. The number of amides is 4. The van der Waals surface area contributed by atoms with Crippen molar-refractivity contribution in [1.82, 2.24) is 20.4 Å². The molecule has 2 N–H and O–H groups in total. The molecular formula is C41H53F3N4O7. The summed E-state index contributed by atoms with van der Waals surface area (Å²) in [4.78, 5) is 71.3. The number of nitrogens with one attached hydrogen (secondary N) is 2. The van der Waals surface area contributed by atoms with Crippen LogP contribution < -0.4 is 15.4 Å². The Hall–Kier alpha value is -4.62. The van der Waals surface area contributed by atoms with E-state index in [4.69, 9.17) is 9.47 Å². The van der Waals surface area contributed by atoms with E-state index < -0.39 is 78.8 Å². The third-order valence-electron chi connectivity index (χ3n) is 10.6. The molecule has 300 valence electrons. The molecule has 4 bridgehead atoms. The lowest BCUT2D eigenvalue weighted by atomic mass is 9.91. The van der Waals surface area contributed by atoms with Crippen LogP contribution in [0.1, 0.15) is 88.8 Å². The van der Waals surface area contributed by atoms with Crippen molar-refractivity contribution in [1.29, 1.82) is 0 Å². The molecule has 3 unspecified atom stereocenters. The Morgan fingerprint density at radius 3 is 2.42 bits per heavy atom. The quantitative estimate of drug-likeness (QED) is 0.366. The minimum absolute atomic E-state index is 0.136. The summed E-state index contributed by atoms with van der Waals surface area (Å²) in [5.74, 6) is -2.91. The molecule has 0 spiro atoms. The van der Waals surface area contributed by atoms with Crippen LogP contribution in [0.25, 0.3) is 0 Å². The Kier molecular flexibility index (Phi) is 13.5. The molecule has 0 radical (unpaired) electrons. The van der Waals surface area contributed by atoms with Crippen LogP contribution >= 0.6 is 0 Å². The maximum absolute atomic E-state index is 14.3. The zero-order chi connectivity index (χ0) is 39.9. The lowest BCUT2D eigenvalue weighted by Crippen LogP contribution is -2.53. The van der Waals surface area contributed by atoms with Crippen molar-refractivity contribution >= 4 is 29.6 Å². The summed E-state index contributed by atoms with van der Waals surface area (Å²) >= 11 is 0. The van der Waals surface area contributed by atoms with Crippen LogP contribution in [0.2, 0.25) is 0 Å². The minimum Gasteiger partial charge on any atom is -0.494 e. The number of rotatable bonds is 6. The predicted octanol–water partition coefficient (Wildman–Crippen LogP) is 6.05. The zero-order valence-electron chi connectivity index (χ0n) is 32.1. The molecule has 0 aliphatic carbocycles. The molecule has 3 aliphatic rings. The van der Waals surface area contributed by atoms with Crippen molar-refractivity contribution in [3.8, 4) is 5.75 Å². The van der Waals surface area contributed by atoms with Gasteiger partial charge in [-0.1, -0.05) is 36.4 Å². The van der Waals surface area contributed by atoms with E-state index in [0.29, 0.717) is 43.2 Å². The van der Waals surface area contributed by atoms with Gasteiger partial charge in [0, 0.05) is 32.5 Å². The predicted molar refractivity (Wildman–Crippen MR) is 198 cm³/mol. The van der Waals surface area contributed by atoms with Crippen LogP contribution in [0.4, 0.5) is 18.0 Å². The molecule has 2 saturated heterocycles. The number of ether oxygens (including phenoxy) is 2. The lowest BCUT2D eigenvalue weighted by Gasteiger charge is -2.34. The van der Waals surface area contributed by atoms with Gasteiger partial charge in [0.1, 0.15) is 23.4 Å². The van der Waals surface area contributed by atoms with Crippen LogP contribution in [0.5, 0.6) is 5.75 Å². The molecule has 55 heavy (non-hydrogen) atoms. The average molecular weight is 771 g/mol. The number of carbonyl (C=O) groups is 5. The summed E-state index contributed by atoms with van der Waals surface area (Å²) in [6.45, 7) is 7.90. The van der Waals surface area contributed by atoms with Gasteiger partial charge in [-0.05, 0) is 107 Å². The number of fused-ring (bicyclic) bond motifs is 4. The number of ketones is 1. The maximum Gasteiger partial charge on any atom is 0.411 e. The number of alkyl halides is 3. The fourth-order valence-electron chi connectivity index (χ4n) is 7.61. The zero-order valence-corrected chi connectivity index (χ0v) is 32.1. The summed E-state index contributed by atoms with van der Waals surface area (Å²) in [6, 6.07) is 10.2. The topological polar surface area (TPSA) is 134 Å². The van der Waals surface area contributed by atoms with Crippen LogP contribution in [0.15, 0.2) is 48.5 Å². The third kappa shape index (κ3) is 11.5. The second-order valence-corrected chi connectivity index (χ2v) is 16.0. The van der Waals surface area contributed by atoms with E-state index in [1.54, 1.807) is 4.90 Å². The van der Waals surface area contributed by atoms with Gasteiger partial charge in [0.05, 0.1) is 18.6 Å². The van der Waals surface area contributed by atoms with Crippen molar-refractivity contribution in [3.63, 3.8) is 0 Å². The van der Waals surface area contributed by atoms with Crippen LogP contribution in [0.3, 0.4) is 0 Å². The SMILES string of the molecule is Cc1ccc2cc1CNC(=O)[C@H](CCc1ccccc1)NC(=O)[C@@H](CC(=O)C1CCC(C(F)(F)F)N1C(=O)OC(C)(C)C)CC(=O)N1CCCC(CCO2)C1. The number of likely N-dealkylation sites (tertiary alicyclic amines) is 1. The van der Waals surface area contributed by atoms with E-state index in [1.165, 1.54) is 20.8 Å². The minimum atomic E-state index is -4.83. The molecule has 2 aromatic carbocycles. The van der Waals surface area contributed by atoms with E-state index in [1.807, 2.05) is 55.5 Å². The number of halogens is 3. The number of hydrogen-bond donors (Lipinski definition) is 2. The number of piperidine rings is 1. The fourth-order valence-corrected chi connectivity index (χ4v) is 7.61. The normalized spacial score (nSPS) is 24.6. The van der Waals surface area contributed by atoms with Crippen molar-refractivity contribution in [2.75, 3.05) is 19.7 Å². The first-order valence-electron chi connectivity index (χ1n) is 19.2. The molecule has 0 aromatic heterocycles. The van der Waals surface area contributed by atoms with E-state index >= 15 is 0 Å². The van der Waals surface area contributed by atoms with Gasteiger partial charge in [0.15, 0.2) is 5.78 Å². The smallest absolute Gasteiger partial charge is 0.411 e.